The van der Waals surface area contributed by atoms with Crippen molar-refractivity contribution in [3.63, 3.8) is 0 Å². The zero-order valence-electron chi connectivity index (χ0n) is 17.1. The van der Waals surface area contributed by atoms with Gasteiger partial charge in [-0.1, -0.05) is 13.0 Å². The van der Waals surface area contributed by atoms with Crippen molar-refractivity contribution >= 4 is 10.8 Å². The van der Waals surface area contributed by atoms with Crippen LogP contribution in [0.2, 0.25) is 0 Å². The smallest absolute Gasteiger partial charge is 0.165 e. The largest absolute Gasteiger partial charge is 0.487 e. The molecule has 4 rings (SSSR count). The quantitative estimate of drug-likeness (QED) is 0.636. The molecule has 0 saturated heterocycles. The summed E-state index contributed by atoms with van der Waals surface area (Å²) in [5.41, 5.74) is 6.20. The highest BCUT2D eigenvalue weighted by atomic mass is 19.2. The first-order valence-corrected chi connectivity index (χ1v) is 10.6. The van der Waals surface area contributed by atoms with Crippen LogP contribution in [0.3, 0.4) is 0 Å². The number of rotatable bonds is 5. The van der Waals surface area contributed by atoms with Crippen molar-refractivity contribution in [2.24, 2.45) is 17.1 Å². The summed E-state index contributed by atoms with van der Waals surface area (Å²) in [7, 11) is 0. The molecule has 1 aromatic heterocycles. The van der Waals surface area contributed by atoms with E-state index in [0.29, 0.717) is 12.8 Å². The number of nitrogens with zero attached hydrogens (tertiary/aromatic N) is 1. The van der Waals surface area contributed by atoms with Gasteiger partial charge in [-0.3, -0.25) is 4.98 Å². The molecule has 160 valence electrons. The molecule has 2 unspecified atom stereocenters. The third kappa shape index (κ3) is 3.85. The summed E-state index contributed by atoms with van der Waals surface area (Å²) in [4.78, 5) is 4.02. The van der Waals surface area contributed by atoms with Gasteiger partial charge in [-0.2, -0.15) is 0 Å². The Morgan fingerprint density at radius 2 is 1.97 bits per heavy atom. The number of hydrogen-bond donors (Lipinski definition) is 1. The van der Waals surface area contributed by atoms with Crippen molar-refractivity contribution in [1.29, 1.82) is 0 Å². The second-order valence-electron chi connectivity index (χ2n) is 8.49. The molecule has 6 heteroatoms. The van der Waals surface area contributed by atoms with Gasteiger partial charge in [0.2, 0.25) is 0 Å². The van der Waals surface area contributed by atoms with Crippen molar-refractivity contribution in [2.45, 2.75) is 57.6 Å². The summed E-state index contributed by atoms with van der Waals surface area (Å²) in [5, 5.41) is 1.60. The topological polar surface area (TPSA) is 48.1 Å². The Labute approximate surface area is 174 Å². The molecule has 0 radical (unpaired) electrons. The van der Waals surface area contributed by atoms with Crippen LogP contribution in [0.1, 0.15) is 45.4 Å². The average Bonchev–Trinajstić information content (AvgIpc) is 2.76. The molecule has 0 spiro atoms. The monoisotopic (exact) mass is 416 g/mol. The van der Waals surface area contributed by atoms with E-state index in [9.17, 15) is 13.2 Å². The molecular weight excluding hydrogens is 389 g/mol. The summed E-state index contributed by atoms with van der Waals surface area (Å²) in [5.74, 6) is -1.80. The van der Waals surface area contributed by atoms with Crippen molar-refractivity contribution in [3.8, 4) is 5.75 Å². The molecule has 0 aliphatic heterocycles. The summed E-state index contributed by atoms with van der Waals surface area (Å²) >= 11 is 0. The maximum absolute atomic E-state index is 14.5. The standard InChI is InChI=1S/C24H27F3N2O/c1-2-23(28)24(17-3-4-19(25)20(26)13-17)8-5-18(6-9-24)30-22-12-15-7-10-29-14-16(15)11-21(22)27/h3-4,7,10-12,14,17-18,23H,2,5-6,8-9,13,28H2,1H3/t17?,18-,23?,24+. The lowest BCUT2D eigenvalue weighted by Gasteiger charge is -2.48. The van der Waals surface area contributed by atoms with Gasteiger partial charge in [-0.15, -0.1) is 0 Å². The minimum absolute atomic E-state index is 0.0505. The number of aromatic nitrogens is 1. The van der Waals surface area contributed by atoms with Gasteiger partial charge >= 0.3 is 0 Å². The van der Waals surface area contributed by atoms with Crippen LogP contribution in [0.5, 0.6) is 5.75 Å². The van der Waals surface area contributed by atoms with Crippen LogP contribution in [0, 0.1) is 17.2 Å². The van der Waals surface area contributed by atoms with Gasteiger partial charge in [0, 0.05) is 30.2 Å². The Morgan fingerprint density at radius 1 is 1.20 bits per heavy atom. The van der Waals surface area contributed by atoms with Gasteiger partial charge < -0.3 is 10.5 Å². The first-order chi connectivity index (χ1) is 14.4. The summed E-state index contributed by atoms with van der Waals surface area (Å²) in [6.07, 6.45) is 9.82. The molecule has 1 heterocycles. The number of fused-ring (bicyclic) bond motifs is 1. The molecule has 1 aromatic carbocycles. The molecule has 2 aliphatic rings. The van der Waals surface area contributed by atoms with E-state index in [4.69, 9.17) is 10.5 Å². The molecule has 1 saturated carbocycles. The van der Waals surface area contributed by atoms with Gasteiger partial charge in [-0.05, 0) is 73.1 Å². The first kappa shape index (κ1) is 20.9. The summed E-state index contributed by atoms with van der Waals surface area (Å²) in [6.45, 7) is 2.02. The predicted molar refractivity (Wildman–Crippen MR) is 112 cm³/mol. The van der Waals surface area contributed by atoms with Crippen LogP contribution in [0.4, 0.5) is 13.2 Å². The number of nitrogens with two attached hydrogens (primary N) is 1. The van der Waals surface area contributed by atoms with E-state index in [1.165, 1.54) is 12.1 Å². The van der Waals surface area contributed by atoms with E-state index in [1.807, 2.05) is 13.0 Å². The fourth-order valence-electron chi connectivity index (χ4n) is 5.07. The van der Waals surface area contributed by atoms with Gasteiger partial charge in [0.1, 0.15) is 5.83 Å². The highest BCUT2D eigenvalue weighted by Gasteiger charge is 2.46. The van der Waals surface area contributed by atoms with Gasteiger partial charge in [0.15, 0.2) is 17.4 Å². The van der Waals surface area contributed by atoms with E-state index >= 15 is 0 Å². The first-order valence-electron chi connectivity index (χ1n) is 10.6. The molecule has 2 aromatic rings. The van der Waals surface area contributed by atoms with E-state index in [1.54, 1.807) is 24.5 Å². The van der Waals surface area contributed by atoms with E-state index in [2.05, 4.69) is 4.98 Å². The van der Waals surface area contributed by atoms with Crippen LogP contribution in [-0.4, -0.2) is 17.1 Å². The molecule has 0 bridgehead atoms. The minimum atomic E-state index is -0.787. The Kier molecular flexibility index (Phi) is 5.87. The second kappa shape index (κ2) is 8.42. The fraction of sp³-hybridized carbons (Fsp3) is 0.458. The Hall–Kier alpha value is -2.34. The minimum Gasteiger partial charge on any atom is -0.487 e. The molecule has 3 nitrogen and oxygen atoms in total. The molecule has 2 aliphatic carbocycles. The Morgan fingerprint density at radius 3 is 2.67 bits per heavy atom. The van der Waals surface area contributed by atoms with Crippen LogP contribution >= 0.6 is 0 Å². The Bertz CT molecular complexity index is 980. The van der Waals surface area contributed by atoms with Gasteiger partial charge in [0.05, 0.1) is 6.10 Å². The number of hydrogen-bond acceptors (Lipinski definition) is 3. The summed E-state index contributed by atoms with van der Waals surface area (Å²) < 4.78 is 48.0. The Balaban J connectivity index is 1.50. The van der Waals surface area contributed by atoms with Gasteiger partial charge in [0.25, 0.3) is 0 Å². The van der Waals surface area contributed by atoms with Crippen LogP contribution in [0.15, 0.2) is 54.4 Å². The van der Waals surface area contributed by atoms with Crippen LogP contribution in [0.25, 0.3) is 10.8 Å². The molecule has 2 atom stereocenters. The predicted octanol–water partition coefficient (Wildman–Crippen LogP) is 6.15. The molecular formula is C24H27F3N2O. The van der Waals surface area contributed by atoms with Crippen molar-refractivity contribution < 1.29 is 17.9 Å². The van der Waals surface area contributed by atoms with E-state index in [-0.39, 0.29) is 35.6 Å². The molecule has 30 heavy (non-hydrogen) atoms. The van der Waals surface area contributed by atoms with Crippen molar-refractivity contribution in [1.82, 2.24) is 4.98 Å². The molecule has 0 amide bonds. The van der Waals surface area contributed by atoms with E-state index < -0.39 is 17.5 Å². The zero-order valence-corrected chi connectivity index (χ0v) is 17.1. The molecule has 2 N–H and O–H groups in total. The second-order valence-corrected chi connectivity index (χ2v) is 8.49. The number of ether oxygens (including phenoxy) is 1. The maximum atomic E-state index is 14.5. The lowest BCUT2D eigenvalue weighted by Crippen LogP contribution is -2.50. The van der Waals surface area contributed by atoms with Crippen LogP contribution in [-0.2, 0) is 0 Å². The third-order valence-electron chi connectivity index (χ3n) is 6.90. The highest BCUT2D eigenvalue weighted by Crippen LogP contribution is 2.50. The van der Waals surface area contributed by atoms with Crippen LogP contribution < -0.4 is 10.5 Å². The van der Waals surface area contributed by atoms with Gasteiger partial charge in [-0.25, -0.2) is 13.2 Å². The lowest BCUT2D eigenvalue weighted by atomic mass is 9.59. The number of halogens is 3. The summed E-state index contributed by atoms with van der Waals surface area (Å²) in [6, 6.07) is 4.85. The maximum Gasteiger partial charge on any atom is 0.165 e. The number of benzene rings is 1. The lowest BCUT2D eigenvalue weighted by molar-refractivity contribution is 0.0253. The number of allylic oxidation sites excluding steroid dienone is 4. The fourth-order valence-corrected chi connectivity index (χ4v) is 5.07. The average molecular weight is 416 g/mol. The SMILES string of the molecule is CCC(N)[C@]1(C2C=CC(F)=C(F)C2)CC[C@H](Oc2cc3ccncc3cc2F)CC1. The zero-order chi connectivity index (χ0) is 21.3. The number of pyridine rings is 1. The third-order valence-corrected chi connectivity index (χ3v) is 6.90. The van der Waals surface area contributed by atoms with Crippen molar-refractivity contribution in [3.05, 3.63) is 60.2 Å². The normalized spacial score (nSPS) is 28.0. The van der Waals surface area contributed by atoms with Crippen molar-refractivity contribution in [2.75, 3.05) is 0 Å². The highest BCUT2D eigenvalue weighted by molar-refractivity contribution is 5.83. The van der Waals surface area contributed by atoms with E-state index in [0.717, 1.165) is 30.0 Å². The molecule has 1 fully saturated rings.